The molecule has 26 heavy (non-hydrogen) atoms. The number of amides is 2. The van der Waals surface area contributed by atoms with Gasteiger partial charge >= 0.3 is 0 Å². The third-order valence-electron chi connectivity index (χ3n) is 4.12. The maximum Gasteiger partial charge on any atom is 0.240 e. The van der Waals surface area contributed by atoms with Gasteiger partial charge in [0.2, 0.25) is 11.8 Å². The van der Waals surface area contributed by atoms with Crippen molar-refractivity contribution in [2.45, 2.75) is 36.5 Å². The number of hydrogen-bond donors (Lipinski definition) is 1. The van der Waals surface area contributed by atoms with Crippen LogP contribution in [0.4, 0.5) is 10.1 Å². The molecular weight excluding hydrogens is 351 g/mol. The highest BCUT2D eigenvalue weighted by Crippen LogP contribution is 2.43. The van der Waals surface area contributed by atoms with Crippen molar-refractivity contribution in [1.29, 1.82) is 0 Å². The largest absolute Gasteiger partial charge is 0.350 e. The third kappa shape index (κ3) is 4.43. The molecule has 0 unspecified atom stereocenters. The molecule has 0 bridgehead atoms. The first kappa shape index (κ1) is 18.5. The molecule has 136 valence electrons. The van der Waals surface area contributed by atoms with Crippen molar-refractivity contribution in [2.24, 2.45) is 0 Å². The molecule has 0 saturated carbocycles. The Bertz CT molecular complexity index is 821. The zero-order valence-electron chi connectivity index (χ0n) is 14.8. The molecular formula is C20H21FN2O2S. The number of thioether (sulfide) groups is 1. The van der Waals surface area contributed by atoms with Gasteiger partial charge in [-0.3, -0.25) is 9.59 Å². The van der Waals surface area contributed by atoms with E-state index in [4.69, 9.17) is 0 Å². The fraction of sp³-hybridized carbons (Fsp3) is 0.300. The van der Waals surface area contributed by atoms with E-state index in [1.807, 2.05) is 38.1 Å². The fourth-order valence-corrected chi connectivity index (χ4v) is 4.09. The van der Waals surface area contributed by atoms with Gasteiger partial charge in [0.15, 0.2) is 0 Å². The number of carbonyl (C=O) groups excluding carboxylic acids is 2. The molecule has 2 aromatic carbocycles. The van der Waals surface area contributed by atoms with E-state index in [1.54, 1.807) is 28.8 Å². The van der Waals surface area contributed by atoms with E-state index >= 15 is 0 Å². The van der Waals surface area contributed by atoms with Crippen molar-refractivity contribution >= 4 is 29.3 Å². The fourth-order valence-electron chi connectivity index (χ4n) is 2.87. The van der Waals surface area contributed by atoms with Gasteiger partial charge in [-0.1, -0.05) is 24.3 Å². The first-order chi connectivity index (χ1) is 12.3. The zero-order valence-corrected chi connectivity index (χ0v) is 15.6. The summed E-state index contributed by atoms with van der Waals surface area (Å²) in [4.78, 5) is 27.7. The lowest BCUT2D eigenvalue weighted by Gasteiger charge is -2.22. The van der Waals surface area contributed by atoms with Gasteiger partial charge in [0.1, 0.15) is 12.4 Å². The number of benzene rings is 2. The Morgan fingerprint density at radius 1 is 1.19 bits per heavy atom. The number of nitrogens with one attached hydrogen (secondary N) is 1. The van der Waals surface area contributed by atoms with Gasteiger partial charge in [0, 0.05) is 22.6 Å². The average molecular weight is 372 g/mol. The highest BCUT2D eigenvalue weighted by Gasteiger charge is 2.33. The van der Waals surface area contributed by atoms with E-state index in [-0.39, 0.29) is 28.9 Å². The zero-order chi connectivity index (χ0) is 18.7. The van der Waals surface area contributed by atoms with Crippen LogP contribution in [0.1, 0.15) is 25.8 Å². The van der Waals surface area contributed by atoms with Crippen LogP contribution in [0.3, 0.4) is 0 Å². The number of hydrogen-bond acceptors (Lipinski definition) is 3. The van der Waals surface area contributed by atoms with Crippen molar-refractivity contribution in [3.8, 4) is 0 Å². The summed E-state index contributed by atoms with van der Waals surface area (Å²) in [6.45, 7) is 4.33. The normalized spacial score (nSPS) is 16.0. The van der Waals surface area contributed by atoms with Crippen molar-refractivity contribution in [3.63, 3.8) is 0 Å². The predicted molar refractivity (Wildman–Crippen MR) is 102 cm³/mol. The molecule has 1 N–H and O–H groups in total. The summed E-state index contributed by atoms with van der Waals surface area (Å²) >= 11 is 1.65. The van der Waals surface area contributed by atoms with Crippen LogP contribution < -0.4 is 10.2 Å². The van der Waals surface area contributed by atoms with E-state index in [9.17, 15) is 14.0 Å². The number of halogens is 1. The first-order valence-corrected chi connectivity index (χ1v) is 9.25. The molecule has 1 aliphatic heterocycles. The number of fused-ring (bicyclic) bond motifs is 1. The van der Waals surface area contributed by atoms with Crippen molar-refractivity contribution in [3.05, 3.63) is 59.9 Å². The second-order valence-corrected chi connectivity index (χ2v) is 8.64. The van der Waals surface area contributed by atoms with E-state index in [0.717, 1.165) is 16.1 Å². The van der Waals surface area contributed by atoms with Gasteiger partial charge in [0.05, 0.1) is 5.69 Å². The smallest absolute Gasteiger partial charge is 0.240 e. The number of para-hydroxylation sites is 1. The Balaban J connectivity index is 1.72. The Kier molecular flexibility index (Phi) is 5.32. The van der Waals surface area contributed by atoms with Gasteiger partial charge < -0.3 is 10.2 Å². The van der Waals surface area contributed by atoms with Crippen LogP contribution in [0.15, 0.2) is 53.4 Å². The molecule has 0 atom stereocenters. The molecule has 1 aliphatic rings. The standard InChI is InChI=1S/C20H21FN2O2S/c1-20(2)11-19(25)23(16-5-3-4-6-17(16)26-20)13-18(24)22-12-14-7-9-15(21)10-8-14/h3-10H,11-13H2,1-2H3,(H,22,24). The summed E-state index contributed by atoms with van der Waals surface area (Å²) in [6.07, 6.45) is 0.359. The second-order valence-electron chi connectivity index (χ2n) is 6.89. The van der Waals surface area contributed by atoms with Crippen LogP contribution in [-0.4, -0.2) is 23.1 Å². The summed E-state index contributed by atoms with van der Waals surface area (Å²) in [5.41, 5.74) is 1.57. The predicted octanol–water partition coefficient (Wildman–Crippen LogP) is 3.75. The van der Waals surface area contributed by atoms with Gasteiger partial charge in [-0.15, -0.1) is 11.8 Å². The van der Waals surface area contributed by atoms with Crippen molar-refractivity contribution in [2.75, 3.05) is 11.4 Å². The lowest BCUT2D eigenvalue weighted by molar-refractivity contribution is -0.124. The molecule has 0 aliphatic carbocycles. The maximum absolute atomic E-state index is 12.9. The quantitative estimate of drug-likeness (QED) is 0.889. The summed E-state index contributed by atoms with van der Waals surface area (Å²) in [5, 5.41) is 2.80. The van der Waals surface area contributed by atoms with Gasteiger partial charge in [0.25, 0.3) is 0 Å². The van der Waals surface area contributed by atoms with E-state index in [0.29, 0.717) is 13.0 Å². The molecule has 0 aromatic heterocycles. The van der Waals surface area contributed by atoms with E-state index in [2.05, 4.69) is 5.32 Å². The maximum atomic E-state index is 12.9. The number of rotatable bonds is 4. The Hall–Kier alpha value is -2.34. The Labute approximate surface area is 156 Å². The van der Waals surface area contributed by atoms with Crippen LogP contribution in [0.2, 0.25) is 0 Å². The minimum absolute atomic E-state index is 0.0340. The molecule has 1 heterocycles. The van der Waals surface area contributed by atoms with Crippen molar-refractivity contribution < 1.29 is 14.0 Å². The van der Waals surface area contributed by atoms with Crippen molar-refractivity contribution in [1.82, 2.24) is 5.32 Å². The molecule has 0 spiro atoms. The highest BCUT2D eigenvalue weighted by atomic mass is 32.2. The molecule has 0 saturated heterocycles. The second kappa shape index (κ2) is 7.50. The van der Waals surface area contributed by atoms with Gasteiger partial charge in [-0.2, -0.15) is 0 Å². The number of anilines is 1. The third-order valence-corrected chi connectivity index (χ3v) is 5.39. The average Bonchev–Trinajstić information content (AvgIpc) is 2.68. The summed E-state index contributed by atoms with van der Waals surface area (Å²) in [6, 6.07) is 13.6. The van der Waals surface area contributed by atoms with E-state index < -0.39 is 0 Å². The Morgan fingerprint density at radius 2 is 1.88 bits per heavy atom. The van der Waals surface area contributed by atoms with Crippen LogP contribution in [0, 0.1) is 5.82 Å². The van der Waals surface area contributed by atoms with E-state index in [1.165, 1.54) is 12.1 Å². The highest BCUT2D eigenvalue weighted by molar-refractivity contribution is 8.00. The van der Waals surface area contributed by atoms with Crippen LogP contribution >= 0.6 is 11.8 Å². The number of nitrogens with zero attached hydrogens (tertiary/aromatic N) is 1. The molecule has 4 nitrogen and oxygen atoms in total. The van der Waals surface area contributed by atoms with Gasteiger partial charge in [-0.25, -0.2) is 4.39 Å². The lowest BCUT2D eigenvalue weighted by atomic mass is 10.1. The topological polar surface area (TPSA) is 49.4 Å². The molecule has 0 fully saturated rings. The summed E-state index contributed by atoms with van der Waals surface area (Å²) < 4.78 is 12.7. The lowest BCUT2D eigenvalue weighted by Crippen LogP contribution is -2.41. The molecule has 3 rings (SSSR count). The van der Waals surface area contributed by atoms with Crippen LogP contribution in [0.25, 0.3) is 0 Å². The Morgan fingerprint density at radius 3 is 2.62 bits per heavy atom. The monoisotopic (exact) mass is 372 g/mol. The van der Waals surface area contributed by atoms with Crippen LogP contribution in [-0.2, 0) is 16.1 Å². The first-order valence-electron chi connectivity index (χ1n) is 8.44. The molecule has 2 aromatic rings. The number of carbonyl (C=O) groups is 2. The molecule has 0 radical (unpaired) electrons. The van der Waals surface area contributed by atoms with Gasteiger partial charge in [-0.05, 0) is 43.7 Å². The van der Waals surface area contributed by atoms with Crippen LogP contribution in [0.5, 0.6) is 0 Å². The summed E-state index contributed by atoms with van der Waals surface area (Å²) in [7, 11) is 0. The summed E-state index contributed by atoms with van der Waals surface area (Å²) in [5.74, 6) is -0.626. The molecule has 2 amide bonds. The molecule has 6 heteroatoms. The minimum Gasteiger partial charge on any atom is -0.350 e. The minimum atomic E-state index is -0.313. The SMILES string of the molecule is CC1(C)CC(=O)N(CC(=O)NCc2ccc(F)cc2)c2ccccc2S1.